The highest BCUT2D eigenvalue weighted by Crippen LogP contribution is 2.32. The topological polar surface area (TPSA) is 59.6 Å². The lowest BCUT2D eigenvalue weighted by molar-refractivity contribution is -0.117. The van der Waals surface area contributed by atoms with Gasteiger partial charge in [0.1, 0.15) is 0 Å². The van der Waals surface area contributed by atoms with E-state index in [4.69, 9.17) is 9.47 Å². The molecule has 1 atom stereocenters. The van der Waals surface area contributed by atoms with Crippen molar-refractivity contribution in [3.63, 3.8) is 0 Å². The van der Waals surface area contributed by atoms with Crippen molar-refractivity contribution in [2.45, 2.75) is 25.3 Å². The fourth-order valence-electron chi connectivity index (χ4n) is 2.38. The lowest BCUT2D eigenvalue weighted by Gasteiger charge is -2.13. The Balaban J connectivity index is 1.71. The van der Waals surface area contributed by atoms with E-state index < -0.39 is 0 Å². The minimum Gasteiger partial charge on any atom is -0.490 e. The standard InChI is InChI=1S/C14H18N2O3/c17-14(11-3-1-6-15-11)16-10-4-5-12-13(9-10)19-8-2-7-18-12/h4-5,9,11,15H,1-3,6-8H2,(H,16,17). The molecule has 0 aromatic heterocycles. The van der Waals surface area contributed by atoms with Crippen LogP contribution in [0.4, 0.5) is 5.69 Å². The van der Waals surface area contributed by atoms with Crippen LogP contribution in [0.3, 0.4) is 0 Å². The summed E-state index contributed by atoms with van der Waals surface area (Å²) in [4.78, 5) is 12.0. The average molecular weight is 262 g/mol. The first kappa shape index (κ1) is 12.3. The van der Waals surface area contributed by atoms with Gasteiger partial charge in [-0.25, -0.2) is 0 Å². The van der Waals surface area contributed by atoms with E-state index in [1.165, 1.54) is 0 Å². The molecule has 0 spiro atoms. The Bertz CT molecular complexity index is 470. The van der Waals surface area contributed by atoms with Gasteiger partial charge in [-0.1, -0.05) is 0 Å². The first-order valence-corrected chi connectivity index (χ1v) is 6.77. The van der Waals surface area contributed by atoms with Gasteiger partial charge in [0.05, 0.1) is 19.3 Å². The Kier molecular flexibility index (Phi) is 3.55. The number of anilines is 1. The molecular weight excluding hydrogens is 244 g/mol. The second-order valence-electron chi connectivity index (χ2n) is 4.85. The molecule has 0 saturated carbocycles. The molecule has 1 aromatic carbocycles. The number of hydrogen-bond acceptors (Lipinski definition) is 4. The summed E-state index contributed by atoms with van der Waals surface area (Å²) in [6, 6.07) is 5.45. The number of ether oxygens (including phenoxy) is 2. The zero-order valence-electron chi connectivity index (χ0n) is 10.8. The fourth-order valence-corrected chi connectivity index (χ4v) is 2.38. The number of carbonyl (C=O) groups is 1. The molecule has 1 aromatic rings. The van der Waals surface area contributed by atoms with E-state index in [9.17, 15) is 4.79 Å². The van der Waals surface area contributed by atoms with Crippen LogP contribution in [0.2, 0.25) is 0 Å². The first-order valence-electron chi connectivity index (χ1n) is 6.77. The van der Waals surface area contributed by atoms with Crippen LogP contribution in [0, 0.1) is 0 Å². The predicted molar refractivity (Wildman–Crippen MR) is 71.7 cm³/mol. The van der Waals surface area contributed by atoms with Crippen molar-refractivity contribution in [2.24, 2.45) is 0 Å². The lowest BCUT2D eigenvalue weighted by Crippen LogP contribution is -2.35. The summed E-state index contributed by atoms with van der Waals surface area (Å²) in [6.45, 7) is 2.23. The largest absolute Gasteiger partial charge is 0.490 e. The molecule has 1 amide bonds. The van der Waals surface area contributed by atoms with Gasteiger partial charge in [0, 0.05) is 18.2 Å². The zero-order chi connectivity index (χ0) is 13.1. The summed E-state index contributed by atoms with van der Waals surface area (Å²) in [5.41, 5.74) is 0.753. The minimum absolute atomic E-state index is 0.0204. The molecule has 0 aliphatic carbocycles. The Labute approximate surface area is 112 Å². The molecule has 3 rings (SSSR count). The van der Waals surface area contributed by atoms with Crippen LogP contribution >= 0.6 is 0 Å². The molecule has 2 aliphatic rings. The maximum atomic E-state index is 12.0. The molecule has 1 unspecified atom stereocenters. The number of hydrogen-bond donors (Lipinski definition) is 2. The fraction of sp³-hybridized carbons (Fsp3) is 0.500. The summed E-state index contributed by atoms with van der Waals surface area (Å²) in [5.74, 6) is 1.47. The Morgan fingerprint density at radius 2 is 2.05 bits per heavy atom. The number of nitrogens with one attached hydrogen (secondary N) is 2. The third-order valence-corrected chi connectivity index (χ3v) is 3.39. The molecule has 5 heteroatoms. The molecule has 2 aliphatic heterocycles. The molecule has 2 N–H and O–H groups in total. The van der Waals surface area contributed by atoms with Crippen molar-refractivity contribution in [1.82, 2.24) is 5.32 Å². The normalized spacial score (nSPS) is 21.8. The summed E-state index contributed by atoms with van der Waals surface area (Å²) in [5, 5.41) is 6.10. The predicted octanol–water partition coefficient (Wildman–Crippen LogP) is 1.54. The molecule has 1 fully saturated rings. The highest BCUT2D eigenvalue weighted by molar-refractivity contribution is 5.95. The van der Waals surface area contributed by atoms with Crippen LogP contribution in [0.5, 0.6) is 11.5 Å². The summed E-state index contributed by atoms with van der Waals surface area (Å²) in [6.07, 6.45) is 2.83. The van der Waals surface area contributed by atoms with E-state index >= 15 is 0 Å². The summed E-state index contributed by atoms with van der Waals surface area (Å²) in [7, 11) is 0. The van der Waals surface area contributed by atoms with Gasteiger partial charge >= 0.3 is 0 Å². The van der Waals surface area contributed by atoms with Gasteiger partial charge in [0.2, 0.25) is 5.91 Å². The van der Waals surface area contributed by atoms with Crippen LogP contribution in [0.1, 0.15) is 19.3 Å². The van der Waals surface area contributed by atoms with E-state index in [-0.39, 0.29) is 11.9 Å². The summed E-state index contributed by atoms with van der Waals surface area (Å²) >= 11 is 0. The minimum atomic E-state index is -0.0732. The van der Waals surface area contributed by atoms with Crippen molar-refractivity contribution in [3.05, 3.63) is 18.2 Å². The number of benzene rings is 1. The quantitative estimate of drug-likeness (QED) is 0.848. The van der Waals surface area contributed by atoms with Crippen LogP contribution in [0.25, 0.3) is 0 Å². The van der Waals surface area contributed by atoms with Crippen molar-refractivity contribution in [2.75, 3.05) is 25.1 Å². The van der Waals surface area contributed by atoms with E-state index in [1.54, 1.807) is 0 Å². The van der Waals surface area contributed by atoms with E-state index in [2.05, 4.69) is 10.6 Å². The van der Waals surface area contributed by atoms with Gasteiger partial charge in [-0.2, -0.15) is 0 Å². The molecule has 102 valence electrons. The lowest BCUT2D eigenvalue weighted by atomic mass is 10.2. The number of carbonyl (C=O) groups excluding carboxylic acids is 1. The van der Waals surface area contributed by atoms with Gasteiger partial charge in [0.25, 0.3) is 0 Å². The van der Waals surface area contributed by atoms with Crippen LogP contribution in [0.15, 0.2) is 18.2 Å². The first-order chi connectivity index (χ1) is 9.33. The van der Waals surface area contributed by atoms with Gasteiger partial charge in [-0.3, -0.25) is 4.79 Å². The second kappa shape index (κ2) is 5.48. The molecule has 1 saturated heterocycles. The van der Waals surface area contributed by atoms with Crippen molar-refractivity contribution < 1.29 is 14.3 Å². The third kappa shape index (κ3) is 2.81. The monoisotopic (exact) mass is 262 g/mol. The van der Waals surface area contributed by atoms with E-state index in [0.29, 0.717) is 19.0 Å². The maximum Gasteiger partial charge on any atom is 0.241 e. The number of fused-ring (bicyclic) bond motifs is 1. The Morgan fingerprint density at radius 3 is 2.84 bits per heavy atom. The molecule has 19 heavy (non-hydrogen) atoms. The average Bonchev–Trinajstić information content (AvgIpc) is 2.85. The highest BCUT2D eigenvalue weighted by Gasteiger charge is 2.22. The van der Waals surface area contributed by atoms with Crippen molar-refractivity contribution in [1.29, 1.82) is 0 Å². The van der Waals surface area contributed by atoms with Gasteiger partial charge in [-0.15, -0.1) is 0 Å². The zero-order valence-corrected chi connectivity index (χ0v) is 10.8. The SMILES string of the molecule is O=C(Nc1ccc2c(c1)OCCCO2)C1CCCN1. The molecule has 5 nitrogen and oxygen atoms in total. The second-order valence-corrected chi connectivity index (χ2v) is 4.85. The van der Waals surface area contributed by atoms with Crippen molar-refractivity contribution >= 4 is 11.6 Å². The number of rotatable bonds is 2. The van der Waals surface area contributed by atoms with E-state index in [0.717, 1.165) is 37.2 Å². The van der Waals surface area contributed by atoms with Crippen LogP contribution in [-0.2, 0) is 4.79 Å². The maximum absolute atomic E-state index is 12.0. The molecule has 2 heterocycles. The highest BCUT2D eigenvalue weighted by atomic mass is 16.5. The number of amides is 1. The smallest absolute Gasteiger partial charge is 0.241 e. The van der Waals surface area contributed by atoms with Crippen molar-refractivity contribution in [3.8, 4) is 11.5 Å². The molecular formula is C14H18N2O3. The van der Waals surface area contributed by atoms with Crippen LogP contribution < -0.4 is 20.1 Å². The third-order valence-electron chi connectivity index (χ3n) is 3.39. The summed E-state index contributed by atoms with van der Waals surface area (Å²) < 4.78 is 11.2. The van der Waals surface area contributed by atoms with E-state index in [1.807, 2.05) is 18.2 Å². The van der Waals surface area contributed by atoms with Gasteiger partial charge in [-0.05, 0) is 31.5 Å². The van der Waals surface area contributed by atoms with Gasteiger partial charge in [0.15, 0.2) is 11.5 Å². The van der Waals surface area contributed by atoms with Crippen LogP contribution in [-0.4, -0.2) is 31.7 Å². The molecule has 0 radical (unpaired) electrons. The Morgan fingerprint density at radius 1 is 1.21 bits per heavy atom. The molecule has 0 bridgehead atoms. The Hall–Kier alpha value is -1.75. The van der Waals surface area contributed by atoms with Gasteiger partial charge < -0.3 is 20.1 Å².